The summed E-state index contributed by atoms with van der Waals surface area (Å²) in [6, 6.07) is 7.57. The maximum atomic E-state index is 11.9. The van der Waals surface area contributed by atoms with Gasteiger partial charge in [-0.15, -0.1) is 0 Å². The third-order valence-electron chi connectivity index (χ3n) is 3.62. The zero-order chi connectivity index (χ0) is 17.6. The van der Waals surface area contributed by atoms with Crippen molar-refractivity contribution in [2.45, 2.75) is 26.1 Å². The van der Waals surface area contributed by atoms with E-state index in [1.807, 2.05) is 24.3 Å². The Kier molecular flexibility index (Phi) is 5.25. The molecule has 7 nitrogen and oxygen atoms in total. The first kappa shape index (κ1) is 16.9. The molecule has 0 aliphatic heterocycles. The van der Waals surface area contributed by atoms with Crippen molar-refractivity contribution in [2.24, 2.45) is 0 Å². The van der Waals surface area contributed by atoms with Crippen LogP contribution in [-0.4, -0.2) is 33.6 Å². The summed E-state index contributed by atoms with van der Waals surface area (Å²) in [5.41, 5.74) is 0.186. The normalized spacial score (nSPS) is 12.1. The van der Waals surface area contributed by atoms with Crippen molar-refractivity contribution >= 4 is 16.7 Å². The molecule has 2 aromatic heterocycles. The fourth-order valence-corrected chi connectivity index (χ4v) is 2.32. The predicted octanol–water partition coefficient (Wildman–Crippen LogP) is 2.30. The van der Waals surface area contributed by atoms with Crippen LogP contribution in [0.5, 0.6) is 5.75 Å². The zero-order valence-corrected chi connectivity index (χ0v) is 13.8. The van der Waals surface area contributed by atoms with Crippen LogP contribution in [0.25, 0.3) is 10.8 Å². The largest absolute Gasteiger partial charge is 0.483 e. The number of pyridine rings is 1. The van der Waals surface area contributed by atoms with Gasteiger partial charge in [0.2, 0.25) is 5.89 Å². The number of aliphatic hydroxyl groups excluding tert-OH is 1. The molecule has 7 heteroatoms. The van der Waals surface area contributed by atoms with Gasteiger partial charge in [-0.2, -0.15) is 0 Å². The van der Waals surface area contributed by atoms with Crippen molar-refractivity contribution in [3.63, 3.8) is 0 Å². The minimum Gasteiger partial charge on any atom is -0.483 e. The smallest absolute Gasteiger partial charge is 0.273 e. The van der Waals surface area contributed by atoms with E-state index in [1.54, 1.807) is 19.3 Å². The van der Waals surface area contributed by atoms with Crippen molar-refractivity contribution < 1.29 is 19.1 Å². The first-order chi connectivity index (χ1) is 12.1. The van der Waals surface area contributed by atoms with Gasteiger partial charge in [-0.3, -0.25) is 9.78 Å². The van der Waals surface area contributed by atoms with E-state index in [1.165, 1.54) is 6.26 Å². The lowest BCUT2D eigenvalue weighted by Gasteiger charge is -2.07. The molecule has 1 unspecified atom stereocenters. The minimum absolute atomic E-state index is 0.113. The Morgan fingerprint density at radius 1 is 1.40 bits per heavy atom. The Labute approximate surface area is 144 Å². The Morgan fingerprint density at radius 3 is 3.12 bits per heavy atom. The number of hydrogen-bond donors (Lipinski definition) is 2. The van der Waals surface area contributed by atoms with E-state index >= 15 is 0 Å². The van der Waals surface area contributed by atoms with E-state index in [0.717, 1.165) is 10.8 Å². The van der Waals surface area contributed by atoms with Gasteiger partial charge >= 0.3 is 0 Å². The van der Waals surface area contributed by atoms with Crippen LogP contribution in [0.4, 0.5) is 0 Å². The highest BCUT2D eigenvalue weighted by molar-refractivity contribution is 5.91. The summed E-state index contributed by atoms with van der Waals surface area (Å²) in [7, 11) is 0. The van der Waals surface area contributed by atoms with E-state index in [2.05, 4.69) is 15.3 Å². The van der Waals surface area contributed by atoms with Gasteiger partial charge in [0.25, 0.3) is 5.91 Å². The number of nitrogens with zero attached hydrogens (tertiary/aromatic N) is 2. The second kappa shape index (κ2) is 7.76. The van der Waals surface area contributed by atoms with Gasteiger partial charge in [-0.05, 0) is 25.5 Å². The molecule has 0 aliphatic carbocycles. The number of fused-ring (bicyclic) bond motifs is 1. The number of benzene rings is 1. The van der Waals surface area contributed by atoms with Crippen LogP contribution in [0.15, 0.2) is 47.3 Å². The maximum Gasteiger partial charge on any atom is 0.273 e. The Morgan fingerprint density at radius 2 is 2.28 bits per heavy atom. The maximum absolute atomic E-state index is 11.9. The standard InChI is InChI=1S/C18H19N3O4/c1-12(22)5-8-20-18(23)15-10-25-17(21-15)11-24-16-4-2-3-13-9-19-7-6-14(13)16/h2-4,6-7,9-10,12,22H,5,8,11H2,1H3,(H,20,23). The van der Waals surface area contributed by atoms with E-state index in [9.17, 15) is 9.90 Å². The van der Waals surface area contributed by atoms with Gasteiger partial charge in [0.05, 0.1) is 6.10 Å². The topological polar surface area (TPSA) is 97.5 Å². The molecule has 0 radical (unpaired) electrons. The quantitative estimate of drug-likeness (QED) is 0.684. The number of oxazole rings is 1. The lowest BCUT2D eigenvalue weighted by molar-refractivity contribution is 0.0940. The lowest BCUT2D eigenvalue weighted by Crippen LogP contribution is -2.26. The molecule has 0 bridgehead atoms. The van der Waals surface area contributed by atoms with Crippen LogP contribution >= 0.6 is 0 Å². The fraction of sp³-hybridized carbons (Fsp3) is 0.278. The third-order valence-corrected chi connectivity index (χ3v) is 3.62. The fourth-order valence-electron chi connectivity index (χ4n) is 2.32. The van der Waals surface area contributed by atoms with Crippen LogP contribution < -0.4 is 10.1 Å². The highest BCUT2D eigenvalue weighted by Gasteiger charge is 2.13. The molecule has 130 valence electrons. The van der Waals surface area contributed by atoms with Gasteiger partial charge in [-0.1, -0.05) is 12.1 Å². The predicted molar refractivity (Wildman–Crippen MR) is 91.2 cm³/mol. The third kappa shape index (κ3) is 4.33. The molecule has 3 aromatic rings. The molecule has 0 spiro atoms. The number of carbonyl (C=O) groups is 1. The highest BCUT2D eigenvalue weighted by atomic mass is 16.5. The Hall–Kier alpha value is -2.93. The van der Waals surface area contributed by atoms with Crippen molar-refractivity contribution in [1.82, 2.24) is 15.3 Å². The number of nitrogens with one attached hydrogen (secondary N) is 1. The number of aliphatic hydroxyl groups is 1. The minimum atomic E-state index is -0.461. The number of carbonyl (C=O) groups excluding carboxylic acids is 1. The Bertz CT molecular complexity index is 855. The average molecular weight is 341 g/mol. The molecule has 1 aromatic carbocycles. The van der Waals surface area contributed by atoms with Crippen molar-refractivity contribution in [3.05, 3.63) is 54.5 Å². The lowest BCUT2D eigenvalue weighted by atomic mass is 10.1. The van der Waals surface area contributed by atoms with Crippen molar-refractivity contribution in [1.29, 1.82) is 0 Å². The Balaban J connectivity index is 1.61. The molecular weight excluding hydrogens is 322 g/mol. The first-order valence-electron chi connectivity index (χ1n) is 7.99. The SMILES string of the molecule is CC(O)CCNC(=O)c1coc(COc2cccc3cnccc23)n1. The van der Waals surface area contributed by atoms with Gasteiger partial charge in [0, 0.05) is 29.7 Å². The van der Waals surface area contributed by atoms with Gasteiger partial charge in [0.1, 0.15) is 12.0 Å². The summed E-state index contributed by atoms with van der Waals surface area (Å²) < 4.78 is 11.1. The zero-order valence-electron chi connectivity index (χ0n) is 13.8. The molecular formula is C18H19N3O4. The highest BCUT2D eigenvalue weighted by Crippen LogP contribution is 2.25. The summed E-state index contributed by atoms with van der Waals surface area (Å²) in [5, 5.41) is 13.8. The average Bonchev–Trinajstić information content (AvgIpc) is 3.08. The molecule has 1 amide bonds. The van der Waals surface area contributed by atoms with Crippen LogP contribution in [0.1, 0.15) is 29.7 Å². The van der Waals surface area contributed by atoms with Gasteiger partial charge < -0.3 is 19.6 Å². The summed E-state index contributed by atoms with van der Waals surface area (Å²) in [6.07, 6.45) is 4.79. The van der Waals surface area contributed by atoms with Crippen LogP contribution in [0, 0.1) is 0 Å². The summed E-state index contributed by atoms with van der Waals surface area (Å²) >= 11 is 0. The molecule has 25 heavy (non-hydrogen) atoms. The molecule has 1 atom stereocenters. The number of ether oxygens (including phenoxy) is 1. The molecule has 0 fully saturated rings. The number of rotatable bonds is 7. The van der Waals surface area contributed by atoms with E-state index in [4.69, 9.17) is 9.15 Å². The molecule has 0 saturated carbocycles. The van der Waals surface area contributed by atoms with Crippen LogP contribution in [0.2, 0.25) is 0 Å². The van der Waals surface area contributed by atoms with Crippen molar-refractivity contribution in [3.8, 4) is 5.75 Å². The molecule has 2 heterocycles. The number of amides is 1. The molecule has 3 rings (SSSR count). The monoisotopic (exact) mass is 341 g/mol. The van der Waals surface area contributed by atoms with Crippen LogP contribution in [0.3, 0.4) is 0 Å². The first-order valence-corrected chi connectivity index (χ1v) is 7.99. The molecule has 0 aliphatic rings. The summed E-state index contributed by atoms with van der Waals surface area (Å²) in [6.45, 7) is 2.16. The number of aromatic nitrogens is 2. The summed E-state index contributed by atoms with van der Waals surface area (Å²) in [5.74, 6) is 0.666. The molecule has 2 N–H and O–H groups in total. The number of hydrogen-bond acceptors (Lipinski definition) is 6. The van der Waals surface area contributed by atoms with E-state index in [0.29, 0.717) is 24.6 Å². The van der Waals surface area contributed by atoms with E-state index in [-0.39, 0.29) is 18.2 Å². The second-order valence-corrected chi connectivity index (χ2v) is 5.66. The second-order valence-electron chi connectivity index (χ2n) is 5.66. The van der Waals surface area contributed by atoms with Gasteiger partial charge in [-0.25, -0.2) is 4.98 Å². The molecule has 0 saturated heterocycles. The van der Waals surface area contributed by atoms with Crippen molar-refractivity contribution in [2.75, 3.05) is 6.54 Å². The summed E-state index contributed by atoms with van der Waals surface area (Å²) in [4.78, 5) is 20.1. The van der Waals surface area contributed by atoms with E-state index < -0.39 is 6.10 Å². The van der Waals surface area contributed by atoms with Gasteiger partial charge in [0.15, 0.2) is 12.3 Å². The van der Waals surface area contributed by atoms with Crippen LogP contribution in [-0.2, 0) is 6.61 Å².